The molecule has 0 aliphatic heterocycles. The van der Waals surface area contributed by atoms with Gasteiger partial charge >= 0.3 is 0 Å². The molecule has 0 saturated heterocycles. The largest absolute Gasteiger partial charge is 0.314 e. The molecule has 0 amide bonds. The van der Waals surface area contributed by atoms with Gasteiger partial charge in [0.2, 0.25) is 0 Å². The molecular formula is C14H19N. The van der Waals surface area contributed by atoms with Crippen LogP contribution < -0.4 is 5.32 Å². The van der Waals surface area contributed by atoms with Gasteiger partial charge in [0.15, 0.2) is 0 Å². The summed E-state index contributed by atoms with van der Waals surface area (Å²) in [5.74, 6) is 2.65. The van der Waals surface area contributed by atoms with E-state index >= 15 is 0 Å². The normalized spacial score (nSPS) is 12.0. The van der Waals surface area contributed by atoms with Gasteiger partial charge in [0.1, 0.15) is 0 Å². The lowest BCUT2D eigenvalue weighted by Crippen LogP contribution is -2.28. The van der Waals surface area contributed by atoms with E-state index in [1.165, 1.54) is 5.56 Å². The van der Waals surface area contributed by atoms with Crippen LogP contribution in [0, 0.1) is 12.3 Å². The second-order valence-electron chi connectivity index (χ2n) is 3.85. The van der Waals surface area contributed by atoms with Crippen LogP contribution in [0.5, 0.6) is 0 Å². The second-order valence-corrected chi connectivity index (χ2v) is 3.85. The maximum atomic E-state index is 5.19. The Bertz CT molecular complexity index is 297. The molecule has 1 aromatic carbocycles. The molecule has 1 nitrogen and oxygen atoms in total. The molecule has 1 heteroatoms. The minimum absolute atomic E-state index is 0.519. The minimum Gasteiger partial charge on any atom is -0.314 e. The summed E-state index contributed by atoms with van der Waals surface area (Å²) in [7, 11) is 0. The van der Waals surface area contributed by atoms with Gasteiger partial charge in [-0.3, -0.25) is 0 Å². The number of rotatable bonds is 6. The second kappa shape index (κ2) is 7.09. The molecule has 0 aromatic heterocycles. The van der Waals surface area contributed by atoms with E-state index in [9.17, 15) is 0 Å². The summed E-state index contributed by atoms with van der Waals surface area (Å²) < 4.78 is 0. The van der Waals surface area contributed by atoms with Crippen molar-refractivity contribution in [2.45, 2.75) is 32.2 Å². The number of nitrogens with one attached hydrogen (secondary N) is 1. The first kappa shape index (κ1) is 11.8. The Hall–Kier alpha value is -1.26. The molecule has 1 aromatic rings. The van der Waals surface area contributed by atoms with E-state index in [0.717, 1.165) is 25.8 Å². The molecule has 1 rings (SSSR count). The minimum atomic E-state index is 0.519. The van der Waals surface area contributed by atoms with Crippen LogP contribution in [0.4, 0.5) is 0 Å². The molecule has 0 saturated carbocycles. The van der Waals surface area contributed by atoms with Crippen LogP contribution >= 0.6 is 0 Å². The summed E-state index contributed by atoms with van der Waals surface area (Å²) in [6.45, 7) is 3.22. The number of benzene rings is 1. The lowest BCUT2D eigenvalue weighted by Gasteiger charge is -2.13. The maximum absolute atomic E-state index is 5.19. The van der Waals surface area contributed by atoms with Gasteiger partial charge in [0.05, 0.1) is 0 Å². The van der Waals surface area contributed by atoms with Crippen molar-refractivity contribution in [3.63, 3.8) is 0 Å². The van der Waals surface area contributed by atoms with Gasteiger partial charge in [-0.05, 0) is 31.9 Å². The molecule has 0 aliphatic rings. The monoisotopic (exact) mass is 201 g/mol. The highest BCUT2D eigenvalue weighted by atomic mass is 14.9. The van der Waals surface area contributed by atoms with Crippen molar-refractivity contribution in [3.05, 3.63) is 35.9 Å². The molecule has 1 N–H and O–H groups in total. The smallest absolute Gasteiger partial charge is 0.00981 e. The zero-order valence-corrected chi connectivity index (χ0v) is 9.37. The molecule has 0 aliphatic carbocycles. The van der Waals surface area contributed by atoms with Crippen molar-refractivity contribution in [1.82, 2.24) is 5.32 Å². The van der Waals surface area contributed by atoms with Crippen molar-refractivity contribution < 1.29 is 0 Å². The third-order valence-electron chi connectivity index (χ3n) is 2.38. The Balaban J connectivity index is 2.19. The standard InChI is InChI=1S/C14H19N/c1-3-4-8-11-15-13(2)12-14-9-6-5-7-10-14/h1,5-7,9-10,13,15H,4,8,11-12H2,2H3. The van der Waals surface area contributed by atoms with Gasteiger partial charge in [-0.15, -0.1) is 12.3 Å². The first-order valence-electron chi connectivity index (χ1n) is 5.53. The van der Waals surface area contributed by atoms with Gasteiger partial charge in [0.25, 0.3) is 0 Å². The molecular weight excluding hydrogens is 182 g/mol. The maximum Gasteiger partial charge on any atom is 0.00981 e. The molecule has 1 unspecified atom stereocenters. The Morgan fingerprint density at radius 2 is 2.07 bits per heavy atom. The van der Waals surface area contributed by atoms with Crippen molar-refractivity contribution in [3.8, 4) is 12.3 Å². The molecule has 1 atom stereocenters. The van der Waals surface area contributed by atoms with Crippen molar-refractivity contribution in [2.75, 3.05) is 6.54 Å². The SMILES string of the molecule is C#CCCCNC(C)Cc1ccccc1. The van der Waals surface area contributed by atoms with Gasteiger partial charge in [-0.2, -0.15) is 0 Å². The van der Waals surface area contributed by atoms with E-state index in [1.54, 1.807) is 0 Å². The van der Waals surface area contributed by atoms with Crippen molar-refractivity contribution in [2.24, 2.45) is 0 Å². The molecule has 15 heavy (non-hydrogen) atoms. The van der Waals surface area contributed by atoms with E-state index < -0.39 is 0 Å². The topological polar surface area (TPSA) is 12.0 Å². The zero-order chi connectivity index (χ0) is 10.9. The third kappa shape index (κ3) is 5.24. The van der Waals surface area contributed by atoms with Crippen LogP contribution in [0.15, 0.2) is 30.3 Å². The molecule has 0 spiro atoms. The number of terminal acetylenes is 1. The Morgan fingerprint density at radius 1 is 1.33 bits per heavy atom. The summed E-state index contributed by atoms with van der Waals surface area (Å²) in [6.07, 6.45) is 8.20. The van der Waals surface area contributed by atoms with E-state index in [4.69, 9.17) is 6.42 Å². The van der Waals surface area contributed by atoms with Gasteiger partial charge in [-0.25, -0.2) is 0 Å². The molecule has 0 fully saturated rings. The average molecular weight is 201 g/mol. The summed E-state index contributed by atoms with van der Waals surface area (Å²) in [6, 6.07) is 11.1. The van der Waals surface area contributed by atoms with Crippen LogP contribution in [0.2, 0.25) is 0 Å². The van der Waals surface area contributed by atoms with E-state index in [2.05, 4.69) is 48.5 Å². The van der Waals surface area contributed by atoms with Crippen LogP contribution in [0.3, 0.4) is 0 Å². The predicted molar refractivity (Wildman–Crippen MR) is 65.7 cm³/mol. The Morgan fingerprint density at radius 3 is 2.73 bits per heavy atom. The number of unbranched alkanes of at least 4 members (excludes halogenated alkanes) is 1. The third-order valence-corrected chi connectivity index (χ3v) is 2.38. The Labute approximate surface area is 92.9 Å². The fourth-order valence-corrected chi connectivity index (χ4v) is 1.58. The van der Waals surface area contributed by atoms with E-state index in [-0.39, 0.29) is 0 Å². The highest BCUT2D eigenvalue weighted by Gasteiger charge is 2.01. The number of hydrogen-bond donors (Lipinski definition) is 1. The van der Waals surface area contributed by atoms with Crippen molar-refractivity contribution >= 4 is 0 Å². The first-order valence-corrected chi connectivity index (χ1v) is 5.53. The lowest BCUT2D eigenvalue weighted by molar-refractivity contribution is 0.537. The van der Waals surface area contributed by atoms with Gasteiger partial charge in [-0.1, -0.05) is 30.3 Å². The van der Waals surface area contributed by atoms with E-state index in [1.807, 2.05) is 0 Å². The molecule has 0 radical (unpaired) electrons. The highest BCUT2D eigenvalue weighted by molar-refractivity contribution is 5.15. The van der Waals surface area contributed by atoms with Gasteiger partial charge in [0, 0.05) is 12.5 Å². The van der Waals surface area contributed by atoms with Crippen LogP contribution in [0.25, 0.3) is 0 Å². The van der Waals surface area contributed by atoms with Crippen LogP contribution in [0.1, 0.15) is 25.3 Å². The quantitative estimate of drug-likeness (QED) is 0.551. The van der Waals surface area contributed by atoms with Crippen LogP contribution in [-0.2, 0) is 6.42 Å². The summed E-state index contributed by atoms with van der Waals surface area (Å²) in [4.78, 5) is 0. The summed E-state index contributed by atoms with van der Waals surface area (Å²) >= 11 is 0. The summed E-state index contributed by atoms with van der Waals surface area (Å²) in [5, 5.41) is 3.47. The lowest BCUT2D eigenvalue weighted by atomic mass is 10.1. The average Bonchev–Trinajstić information content (AvgIpc) is 2.26. The van der Waals surface area contributed by atoms with Crippen molar-refractivity contribution in [1.29, 1.82) is 0 Å². The summed E-state index contributed by atoms with van der Waals surface area (Å²) in [5.41, 5.74) is 1.38. The Kier molecular flexibility index (Phi) is 5.58. The van der Waals surface area contributed by atoms with E-state index in [0.29, 0.717) is 6.04 Å². The van der Waals surface area contributed by atoms with Crippen LogP contribution in [-0.4, -0.2) is 12.6 Å². The zero-order valence-electron chi connectivity index (χ0n) is 9.37. The molecule has 80 valence electrons. The first-order chi connectivity index (χ1) is 7.33. The fourth-order valence-electron chi connectivity index (χ4n) is 1.58. The molecule has 0 bridgehead atoms. The fraction of sp³-hybridized carbons (Fsp3) is 0.429. The van der Waals surface area contributed by atoms with Gasteiger partial charge < -0.3 is 5.32 Å². The molecule has 0 heterocycles. The predicted octanol–water partition coefficient (Wildman–Crippen LogP) is 2.62. The highest BCUT2D eigenvalue weighted by Crippen LogP contribution is 2.02. The number of hydrogen-bond acceptors (Lipinski definition) is 1.